The second-order valence-corrected chi connectivity index (χ2v) is 18.3. The van der Waals surface area contributed by atoms with Crippen molar-refractivity contribution in [2.24, 2.45) is 0 Å². The molecule has 3 aromatic heterocycles. The lowest BCUT2D eigenvalue weighted by Crippen LogP contribution is -2.13. The zero-order chi connectivity index (χ0) is 43.3. The van der Waals surface area contributed by atoms with Crippen molar-refractivity contribution in [1.29, 1.82) is 0 Å². The zero-order valence-electron chi connectivity index (χ0n) is 35.7. The molecule has 0 radical (unpaired) electrons. The van der Waals surface area contributed by atoms with E-state index in [9.17, 15) is 0 Å². The van der Waals surface area contributed by atoms with Crippen LogP contribution in [-0.4, -0.2) is 4.57 Å². The molecule has 14 rings (SSSR count). The van der Waals surface area contributed by atoms with E-state index in [0.717, 1.165) is 61.4 Å². The molecule has 0 aliphatic rings. The van der Waals surface area contributed by atoms with Crippen molar-refractivity contribution >= 4 is 114 Å². The molecule has 4 heteroatoms. The molecule has 0 amide bonds. The fourth-order valence-corrected chi connectivity index (χ4v) is 11.7. The van der Waals surface area contributed by atoms with Crippen LogP contribution in [0.15, 0.2) is 235 Å². The molecule has 0 spiro atoms. The van der Waals surface area contributed by atoms with Crippen molar-refractivity contribution in [3.05, 3.63) is 231 Å². The summed E-state index contributed by atoms with van der Waals surface area (Å²) in [6.07, 6.45) is 0. The lowest BCUT2D eigenvalue weighted by atomic mass is 9.94. The third kappa shape index (κ3) is 5.55. The van der Waals surface area contributed by atoms with Gasteiger partial charge in [-0.3, -0.25) is 0 Å². The van der Waals surface area contributed by atoms with Gasteiger partial charge in [0, 0.05) is 63.9 Å². The Morgan fingerprint density at radius 3 is 1.77 bits per heavy atom. The summed E-state index contributed by atoms with van der Waals surface area (Å²) in [6.45, 7) is 0. The molecule has 0 aliphatic heterocycles. The van der Waals surface area contributed by atoms with Gasteiger partial charge in [0.15, 0.2) is 0 Å². The highest BCUT2D eigenvalue weighted by atomic mass is 32.1. The maximum absolute atomic E-state index is 7.04. The highest BCUT2D eigenvalue weighted by molar-refractivity contribution is 7.25. The minimum Gasteiger partial charge on any atom is -0.455 e. The van der Waals surface area contributed by atoms with Gasteiger partial charge in [-0.2, -0.15) is 0 Å². The Morgan fingerprint density at radius 2 is 0.970 bits per heavy atom. The van der Waals surface area contributed by atoms with Gasteiger partial charge in [0.1, 0.15) is 11.2 Å². The standard InChI is InChI=1S/C62H38N2OS/c1-2-16-43-40(15-1)38-57(46-19-4-3-18-45(43)46)64(53-24-10-5-17-44(53)41-31-36-60-52(37-41)50-23-9-14-28-59(50)66-60)56-35-34-51-49-22-8-13-27-58(49)65-62(51)61(56)39-29-32-42(33-30-39)63-54-25-11-6-20-47(54)48-21-7-12-26-55(48)63/h1-38H. The van der Waals surface area contributed by atoms with Gasteiger partial charge in [0.2, 0.25) is 0 Å². The van der Waals surface area contributed by atoms with Crippen LogP contribution in [-0.2, 0) is 0 Å². The van der Waals surface area contributed by atoms with Crippen molar-refractivity contribution in [3.8, 4) is 27.9 Å². The van der Waals surface area contributed by atoms with Crippen LogP contribution in [0.2, 0.25) is 0 Å². The zero-order valence-corrected chi connectivity index (χ0v) is 36.5. The van der Waals surface area contributed by atoms with Crippen LogP contribution in [0.1, 0.15) is 0 Å². The molecule has 0 aliphatic carbocycles. The molecular weight excluding hydrogens is 821 g/mol. The molecule has 14 aromatic rings. The Kier molecular flexibility index (Phi) is 8.15. The first-order valence-electron chi connectivity index (χ1n) is 22.5. The molecule has 3 nitrogen and oxygen atoms in total. The number of rotatable bonds is 6. The number of fused-ring (bicyclic) bond motifs is 12. The van der Waals surface area contributed by atoms with Gasteiger partial charge >= 0.3 is 0 Å². The maximum atomic E-state index is 7.04. The summed E-state index contributed by atoms with van der Waals surface area (Å²) in [5.41, 5.74) is 12.8. The third-order valence-corrected chi connectivity index (χ3v) is 14.7. The van der Waals surface area contributed by atoms with Crippen LogP contribution in [0.25, 0.3) is 113 Å². The van der Waals surface area contributed by atoms with E-state index in [2.05, 4.69) is 240 Å². The number of furan rings is 1. The third-order valence-electron chi connectivity index (χ3n) is 13.6. The fraction of sp³-hybridized carbons (Fsp3) is 0. The molecule has 0 fully saturated rings. The number of para-hydroxylation sites is 4. The molecule has 11 aromatic carbocycles. The van der Waals surface area contributed by atoms with Gasteiger partial charge in [-0.1, -0.05) is 158 Å². The van der Waals surface area contributed by atoms with E-state index in [1.807, 2.05) is 11.3 Å². The van der Waals surface area contributed by atoms with Crippen LogP contribution in [0.4, 0.5) is 17.1 Å². The second-order valence-electron chi connectivity index (χ2n) is 17.2. The fourth-order valence-electron chi connectivity index (χ4n) is 10.6. The van der Waals surface area contributed by atoms with Crippen LogP contribution < -0.4 is 4.90 Å². The van der Waals surface area contributed by atoms with Gasteiger partial charge in [0.05, 0.1) is 28.1 Å². The predicted octanol–water partition coefficient (Wildman–Crippen LogP) is 18.2. The molecule has 0 unspecified atom stereocenters. The quantitative estimate of drug-likeness (QED) is 0.155. The maximum Gasteiger partial charge on any atom is 0.145 e. The minimum atomic E-state index is 0.858. The van der Waals surface area contributed by atoms with E-state index in [1.165, 1.54) is 69.1 Å². The first-order chi connectivity index (χ1) is 32.7. The summed E-state index contributed by atoms with van der Waals surface area (Å²) in [6, 6.07) is 84.1. The Bertz CT molecular complexity index is 4190. The number of nitrogens with zero attached hydrogens (tertiary/aromatic N) is 2. The van der Waals surface area contributed by atoms with Crippen molar-refractivity contribution < 1.29 is 4.42 Å². The lowest BCUT2D eigenvalue weighted by molar-refractivity contribution is 0.670. The molecule has 0 saturated carbocycles. The number of anilines is 3. The normalized spacial score (nSPS) is 11.9. The summed E-state index contributed by atoms with van der Waals surface area (Å²) < 4.78 is 12.0. The first kappa shape index (κ1) is 37.0. The topological polar surface area (TPSA) is 21.3 Å². The van der Waals surface area contributed by atoms with E-state index in [1.54, 1.807) is 0 Å². The van der Waals surface area contributed by atoms with Gasteiger partial charge in [-0.25, -0.2) is 0 Å². The smallest absolute Gasteiger partial charge is 0.145 e. The molecule has 3 heterocycles. The molecule has 0 N–H and O–H groups in total. The number of hydrogen-bond acceptors (Lipinski definition) is 3. The molecule has 66 heavy (non-hydrogen) atoms. The van der Waals surface area contributed by atoms with Crippen LogP contribution in [0.3, 0.4) is 0 Å². The molecule has 0 atom stereocenters. The van der Waals surface area contributed by atoms with Crippen molar-refractivity contribution in [2.45, 2.75) is 0 Å². The highest BCUT2D eigenvalue weighted by Gasteiger charge is 2.27. The molecule has 0 bridgehead atoms. The van der Waals surface area contributed by atoms with Crippen molar-refractivity contribution in [2.75, 3.05) is 4.90 Å². The summed E-state index contributed by atoms with van der Waals surface area (Å²) in [5, 5.41) is 12.0. The molecule has 308 valence electrons. The summed E-state index contributed by atoms with van der Waals surface area (Å²) in [4.78, 5) is 2.50. The van der Waals surface area contributed by atoms with Crippen LogP contribution >= 0.6 is 11.3 Å². The molecular formula is C62H38N2OS. The number of hydrogen-bond donors (Lipinski definition) is 0. The van der Waals surface area contributed by atoms with E-state index in [-0.39, 0.29) is 0 Å². The van der Waals surface area contributed by atoms with Gasteiger partial charge in [-0.05, 0) is 100 Å². The number of aromatic nitrogens is 1. The largest absolute Gasteiger partial charge is 0.455 e. The van der Waals surface area contributed by atoms with Gasteiger partial charge in [-0.15, -0.1) is 11.3 Å². The Labute approximate surface area is 384 Å². The SMILES string of the molecule is c1ccc(N(c2ccc3c(oc4ccccc43)c2-c2ccc(-n3c4ccccc4c4ccccc43)cc2)c2cc3ccccc3c3ccccc23)c(-c2ccc3sc4ccccc4c3c2)c1. The summed E-state index contributed by atoms with van der Waals surface area (Å²) in [7, 11) is 0. The minimum absolute atomic E-state index is 0.858. The van der Waals surface area contributed by atoms with Crippen LogP contribution in [0.5, 0.6) is 0 Å². The second kappa shape index (κ2) is 14.5. The Morgan fingerprint density at radius 1 is 0.364 bits per heavy atom. The van der Waals surface area contributed by atoms with E-state index >= 15 is 0 Å². The van der Waals surface area contributed by atoms with E-state index < -0.39 is 0 Å². The Balaban J connectivity index is 1.07. The van der Waals surface area contributed by atoms with Gasteiger partial charge in [0.25, 0.3) is 0 Å². The average molecular weight is 859 g/mol. The van der Waals surface area contributed by atoms with Crippen molar-refractivity contribution in [1.82, 2.24) is 4.57 Å². The van der Waals surface area contributed by atoms with Gasteiger partial charge < -0.3 is 13.9 Å². The van der Waals surface area contributed by atoms with E-state index in [4.69, 9.17) is 4.42 Å². The van der Waals surface area contributed by atoms with Crippen molar-refractivity contribution in [3.63, 3.8) is 0 Å². The predicted molar refractivity (Wildman–Crippen MR) is 282 cm³/mol. The number of thiophene rings is 1. The monoisotopic (exact) mass is 858 g/mol. The number of benzene rings is 11. The average Bonchev–Trinajstić information content (AvgIpc) is 4.06. The lowest BCUT2D eigenvalue weighted by Gasteiger charge is -2.31. The Hall–Kier alpha value is -8.44. The molecule has 0 saturated heterocycles. The van der Waals surface area contributed by atoms with E-state index in [0.29, 0.717) is 0 Å². The highest BCUT2D eigenvalue weighted by Crippen LogP contribution is 2.51. The van der Waals surface area contributed by atoms with Crippen LogP contribution in [0, 0.1) is 0 Å². The summed E-state index contributed by atoms with van der Waals surface area (Å²) in [5.74, 6) is 0. The first-order valence-corrected chi connectivity index (χ1v) is 23.3. The summed E-state index contributed by atoms with van der Waals surface area (Å²) >= 11 is 1.85.